The molecule has 0 heterocycles. The summed E-state index contributed by atoms with van der Waals surface area (Å²) in [5, 5.41) is 11.2. The zero-order valence-electron chi connectivity index (χ0n) is 18.5. The smallest absolute Gasteiger partial charge is 0.271 e. The van der Waals surface area contributed by atoms with Crippen molar-refractivity contribution < 1.29 is 14.0 Å². The number of halogens is 1. The highest BCUT2D eigenvalue weighted by Crippen LogP contribution is 2.27. The fraction of sp³-hybridized carbons (Fsp3) is 0. The molecule has 0 atom stereocenters. The number of anilines is 1. The summed E-state index contributed by atoms with van der Waals surface area (Å²) in [7, 11) is 0. The standard InChI is InChI=1S/C29H20FN3O2/c30-23-13-9-19(10-14-23)28(34)32-24-15-11-20(12-16-24)29(35)33-31-18-27-25-7-3-1-5-21(25)17-22-6-2-4-8-26(22)27/h1-18H,(H,32,34)(H,33,35)/b31-18-. The lowest BCUT2D eigenvalue weighted by Gasteiger charge is -2.08. The SMILES string of the molecule is O=C(N/N=C\c1c2ccccc2cc2ccccc12)c1ccc(NC(=O)c2ccc(F)cc2)cc1. The summed E-state index contributed by atoms with van der Waals surface area (Å²) in [6.45, 7) is 0. The summed E-state index contributed by atoms with van der Waals surface area (Å²) in [6, 6.07) is 29.9. The van der Waals surface area contributed by atoms with Crippen molar-refractivity contribution in [3.05, 3.63) is 126 Å². The van der Waals surface area contributed by atoms with Gasteiger partial charge in [0.15, 0.2) is 0 Å². The lowest BCUT2D eigenvalue weighted by Crippen LogP contribution is -2.18. The van der Waals surface area contributed by atoms with Gasteiger partial charge in [0, 0.05) is 22.4 Å². The van der Waals surface area contributed by atoms with E-state index in [1.807, 2.05) is 48.5 Å². The molecule has 6 heteroatoms. The molecule has 35 heavy (non-hydrogen) atoms. The van der Waals surface area contributed by atoms with E-state index in [1.165, 1.54) is 24.3 Å². The van der Waals surface area contributed by atoms with Crippen molar-refractivity contribution in [2.24, 2.45) is 5.10 Å². The second-order valence-corrected chi connectivity index (χ2v) is 7.97. The van der Waals surface area contributed by atoms with Gasteiger partial charge in [-0.05, 0) is 76.1 Å². The number of fused-ring (bicyclic) bond motifs is 2. The molecule has 0 aliphatic heterocycles. The third-order valence-electron chi connectivity index (χ3n) is 5.68. The van der Waals surface area contributed by atoms with Gasteiger partial charge in [-0.1, -0.05) is 48.5 Å². The molecular weight excluding hydrogens is 441 g/mol. The number of carbonyl (C=O) groups excluding carboxylic acids is 2. The molecule has 2 amide bonds. The molecule has 0 radical (unpaired) electrons. The van der Waals surface area contributed by atoms with E-state index in [9.17, 15) is 14.0 Å². The van der Waals surface area contributed by atoms with Crippen LogP contribution < -0.4 is 10.7 Å². The average molecular weight is 461 g/mol. The number of benzene rings is 5. The number of hydrogen-bond donors (Lipinski definition) is 2. The Hall–Kier alpha value is -4.84. The normalized spacial score (nSPS) is 11.1. The van der Waals surface area contributed by atoms with E-state index in [4.69, 9.17) is 0 Å². The Balaban J connectivity index is 1.30. The highest BCUT2D eigenvalue weighted by atomic mass is 19.1. The summed E-state index contributed by atoms with van der Waals surface area (Å²) < 4.78 is 13.0. The minimum absolute atomic E-state index is 0.337. The lowest BCUT2D eigenvalue weighted by molar-refractivity contribution is 0.0954. The fourth-order valence-corrected chi connectivity index (χ4v) is 3.92. The van der Waals surface area contributed by atoms with Crippen LogP contribution in [0.25, 0.3) is 21.5 Å². The molecule has 0 spiro atoms. The first-order valence-electron chi connectivity index (χ1n) is 11.0. The van der Waals surface area contributed by atoms with E-state index >= 15 is 0 Å². The first-order valence-corrected chi connectivity index (χ1v) is 11.0. The molecule has 5 rings (SSSR count). The summed E-state index contributed by atoms with van der Waals surface area (Å²) in [5.41, 5.74) is 4.75. The highest BCUT2D eigenvalue weighted by molar-refractivity contribution is 6.13. The van der Waals surface area contributed by atoms with Crippen LogP contribution in [-0.4, -0.2) is 18.0 Å². The van der Waals surface area contributed by atoms with Crippen LogP contribution in [0.15, 0.2) is 108 Å². The van der Waals surface area contributed by atoms with E-state index in [0.29, 0.717) is 16.8 Å². The van der Waals surface area contributed by atoms with Crippen molar-refractivity contribution in [3.8, 4) is 0 Å². The first-order chi connectivity index (χ1) is 17.1. The zero-order chi connectivity index (χ0) is 24.2. The third kappa shape index (κ3) is 4.77. The van der Waals surface area contributed by atoms with E-state index in [2.05, 4.69) is 21.9 Å². The van der Waals surface area contributed by atoms with Crippen molar-refractivity contribution >= 4 is 45.3 Å². The molecule has 0 unspecified atom stereocenters. The van der Waals surface area contributed by atoms with Crippen LogP contribution in [-0.2, 0) is 0 Å². The van der Waals surface area contributed by atoms with Crippen LogP contribution in [0.1, 0.15) is 26.3 Å². The maximum Gasteiger partial charge on any atom is 0.271 e. The topological polar surface area (TPSA) is 70.6 Å². The van der Waals surface area contributed by atoms with Gasteiger partial charge >= 0.3 is 0 Å². The monoisotopic (exact) mass is 461 g/mol. The number of amides is 2. The average Bonchev–Trinajstić information content (AvgIpc) is 2.89. The van der Waals surface area contributed by atoms with Gasteiger partial charge in [-0.3, -0.25) is 9.59 Å². The van der Waals surface area contributed by atoms with Crippen LogP contribution in [0, 0.1) is 5.82 Å². The summed E-state index contributed by atoms with van der Waals surface area (Å²) in [5.74, 6) is -1.15. The molecule has 0 aliphatic rings. The third-order valence-corrected chi connectivity index (χ3v) is 5.68. The molecule has 5 aromatic carbocycles. The summed E-state index contributed by atoms with van der Waals surface area (Å²) >= 11 is 0. The van der Waals surface area contributed by atoms with Gasteiger partial charge in [-0.25, -0.2) is 9.82 Å². The lowest BCUT2D eigenvalue weighted by atomic mass is 9.97. The molecular formula is C29H20FN3O2. The molecule has 0 saturated heterocycles. The van der Waals surface area contributed by atoms with Crippen molar-refractivity contribution in [1.29, 1.82) is 0 Å². The van der Waals surface area contributed by atoms with Gasteiger partial charge in [0.25, 0.3) is 11.8 Å². The zero-order valence-corrected chi connectivity index (χ0v) is 18.5. The minimum atomic E-state index is -0.409. The van der Waals surface area contributed by atoms with Crippen LogP contribution >= 0.6 is 0 Å². The fourth-order valence-electron chi connectivity index (χ4n) is 3.92. The Morgan fingerprint density at radius 1 is 0.686 bits per heavy atom. The quantitative estimate of drug-likeness (QED) is 0.187. The largest absolute Gasteiger partial charge is 0.322 e. The van der Waals surface area contributed by atoms with Gasteiger partial charge in [0.2, 0.25) is 0 Å². The minimum Gasteiger partial charge on any atom is -0.322 e. The maximum absolute atomic E-state index is 13.0. The van der Waals surface area contributed by atoms with E-state index in [1.54, 1.807) is 30.5 Å². The van der Waals surface area contributed by atoms with Gasteiger partial charge in [0.05, 0.1) is 6.21 Å². The predicted octanol–water partition coefficient (Wildman–Crippen LogP) is 6.15. The van der Waals surface area contributed by atoms with Crippen LogP contribution in [0.4, 0.5) is 10.1 Å². The summed E-state index contributed by atoms with van der Waals surface area (Å²) in [6.07, 6.45) is 1.67. The Morgan fingerprint density at radius 3 is 1.86 bits per heavy atom. The van der Waals surface area contributed by atoms with Crippen LogP contribution in [0.5, 0.6) is 0 Å². The number of nitrogens with one attached hydrogen (secondary N) is 2. The Bertz CT molecular complexity index is 1520. The molecule has 5 nitrogen and oxygen atoms in total. The Morgan fingerprint density at radius 2 is 1.23 bits per heavy atom. The van der Waals surface area contributed by atoms with Crippen molar-refractivity contribution in [2.75, 3.05) is 5.32 Å². The number of nitrogens with zero attached hydrogens (tertiary/aromatic N) is 1. The van der Waals surface area contributed by atoms with E-state index in [-0.39, 0.29) is 11.8 Å². The molecule has 0 aliphatic carbocycles. The van der Waals surface area contributed by atoms with Crippen LogP contribution in [0.2, 0.25) is 0 Å². The summed E-state index contributed by atoms with van der Waals surface area (Å²) in [4.78, 5) is 24.9. The first kappa shape index (κ1) is 22.0. The van der Waals surface area contributed by atoms with Crippen molar-refractivity contribution in [2.45, 2.75) is 0 Å². The Labute approximate surface area is 200 Å². The molecule has 0 fully saturated rings. The van der Waals surface area contributed by atoms with Crippen molar-refractivity contribution in [3.63, 3.8) is 0 Å². The molecule has 5 aromatic rings. The number of carbonyl (C=O) groups is 2. The predicted molar refractivity (Wildman–Crippen MR) is 137 cm³/mol. The number of rotatable bonds is 5. The molecule has 0 aromatic heterocycles. The second-order valence-electron chi connectivity index (χ2n) is 7.97. The number of hydrogen-bond acceptors (Lipinski definition) is 3. The van der Waals surface area contributed by atoms with E-state index < -0.39 is 5.82 Å². The molecule has 2 N–H and O–H groups in total. The highest BCUT2D eigenvalue weighted by Gasteiger charge is 2.09. The number of hydrazone groups is 1. The second kappa shape index (κ2) is 9.57. The van der Waals surface area contributed by atoms with E-state index in [0.717, 1.165) is 27.1 Å². The van der Waals surface area contributed by atoms with Gasteiger partial charge in [-0.15, -0.1) is 0 Å². The molecule has 0 bridgehead atoms. The molecule has 0 saturated carbocycles. The van der Waals surface area contributed by atoms with Gasteiger partial charge in [0.1, 0.15) is 5.82 Å². The maximum atomic E-state index is 13.0. The van der Waals surface area contributed by atoms with Crippen LogP contribution in [0.3, 0.4) is 0 Å². The van der Waals surface area contributed by atoms with Gasteiger partial charge < -0.3 is 5.32 Å². The van der Waals surface area contributed by atoms with Crippen molar-refractivity contribution in [1.82, 2.24) is 5.43 Å². The van der Waals surface area contributed by atoms with Gasteiger partial charge in [-0.2, -0.15) is 5.10 Å². The Kier molecular flexibility index (Phi) is 6.01. The molecule has 170 valence electrons.